The van der Waals surface area contributed by atoms with Gasteiger partial charge in [-0.1, -0.05) is 57.7 Å². The van der Waals surface area contributed by atoms with E-state index in [1.807, 2.05) is 30.3 Å². The summed E-state index contributed by atoms with van der Waals surface area (Å²) < 4.78 is 0. The van der Waals surface area contributed by atoms with Crippen molar-refractivity contribution in [2.45, 2.75) is 65.2 Å². The largest absolute Gasteiger partial charge is 0.508 e. The fourth-order valence-electron chi connectivity index (χ4n) is 3.51. The molecule has 2 N–H and O–H groups in total. The zero-order valence-electron chi connectivity index (χ0n) is 19.1. The topological polar surface area (TPSA) is 61.8 Å². The van der Waals surface area contributed by atoms with Crippen LogP contribution in [0.25, 0.3) is 0 Å². The van der Waals surface area contributed by atoms with Crippen LogP contribution in [0.4, 0.5) is 5.69 Å². The van der Waals surface area contributed by atoms with Gasteiger partial charge in [-0.05, 0) is 61.6 Å². The highest BCUT2D eigenvalue weighted by Gasteiger charge is 2.11. The van der Waals surface area contributed by atoms with Gasteiger partial charge in [0.05, 0.1) is 6.61 Å². The smallest absolute Gasteiger partial charge is 0.274 e. The van der Waals surface area contributed by atoms with Gasteiger partial charge in [0, 0.05) is 24.3 Å². The Hall–Kier alpha value is -2.53. The normalized spacial score (nSPS) is 10.8. The number of hydroxylamine groups is 1. The third kappa shape index (κ3) is 9.43. The van der Waals surface area contributed by atoms with Crippen molar-refractivity contribution in [3.8, 4) is 5.75 Å². The molecule has 0 saturated heterocycles. The van der Waals surface area contributed by atoms with Gasteiger partial charge in [-0.25, -0.2) is 5.48 Å². The SMILES string of the molecule is CCCCCN(CCCCC)c1cccc(C(=O)NOCCCc2ccc(O)cc2)c1. The fourth-order valence-corrected chi connectivity index (χ4v) is 3.51. The number of aryl methyl sites for hydroxylation is 1. The lowest BCUT2D eigenvalue weighted by atomic mass is 10.1. The van der Waals surface area contributed by atoms with Gasteiger partial charge in [0.15, 0.2) is 0 Å². The van der Waals surface area contributed by atoms with E-state index in [1.54, 1.807) is 12.1 Å². The molecule has 0 unspecified atom stereocenters. The molecular weight excluding hydrogens is 388 g/mol. The number of carbonyl (C=O) groups excluding carboxylic acids is 1. The van der Waals surface area contributed by atoms with E-state index < -0.39 is 0 Å². The van der Waals surface area contributed by atoms with Crippen molar-refractivity contribution in [3.05, 3.63) is 59.7 Å². The van der Waals surface area contributed by atoms with Crippen LogP contribution in [0.15, 0.2) is 48.5 Å². The van der Waals surface area contributed by atoms with Gasteiger partial charge in [-0.15, -0.1) is 0 Å². The average molecular weight is 427 g/mol. The van der Waals surface area contributed by atoms with E-state index >= 15 is 0 Å². The van der Waals surface area contributed by atoms with Gasteiger partial charge >= 0.3 is 0 Å². The zero-order valence-corrected chi connectivity index (χ0v) is 19.1. The maximum Gasteiger partial charge on any atom is 0.274 e. The first-order valence-electron chi connectivity index (χ1n) is 11.7. The molecule has 0 saturated carbocycles. The van der Waals surface area contributed by atoms with Crippen molar-refractivity contribution in [2.24, 2.45) is 0 Å². The molecule has 2 rings (SSSR count). The maximum atomic E-state index is 12.5. The molecule has 0 heterocycles. The summed E-state index contributed by atoms with van der Waals surface area (Å²) in [5, 5.41) is 9.32. The standard InChI is InChI=1S/C26H38N2O3/c1-3-5-7-18-28(19-8-6-4-2)24-13-9-12-23(21-24)26(30)27-31-20-10-11-22-14-16-25(29)17-15-22/h9,12-17,21,29H,3-8,10-11,18-20H2,1-2H3,(H,27,30). The van der Waals surface area contributed by atoms with Crippen LogP contribution in [0, 0.1) is 0 Å². The highest BCUT2D eigenvalue weighted by Crippen LogP contribution is 2.19. The Kier molecular flexibility index (Phi) is 11.5. The minimum Gasteiger partial charge on any atom is -0.508 e. The average Bonchev–Trinajstić information content (AvgIpc) is 2.79. The molecule has 0 radical (unpaired) electrons. The first kappa shape index (κ1) is 24.7. The number of phenols is 1. The number of carbonyl (C=O) groups is 1. The summed E-state index contributed by atoms with van der Waals surface area (Å²) in [6, 6.07) is 15.0. The molecule has 0 aromatic heterocycles. The van der Waals surface area contributed by atoms with Gasteiger partial charge in [-0.2, -0.15) is 0 Å². The number of benzene rings is 2. The highest BCUT2D eigenvalue weighted by molar-refractivity contribution is 5.94. The minimum absolute atomic E-state index is 0.214. The van der Waals surface area contributed by atoms with Crippen LogP contribution in [-0.2, 0) is 11.3 Å². The molecule has 170 valence electrons. The lowest BCUT2D eigenvalue weighted by Crippen LogP contribution is -2.27. The van der Waals surface area contributed by atoms with Crippen LogP contribution in [-0.4, -0.2) is 30.7 Å². The lowest BCUT2D eigenvalue weighted by molar-refractivity contribution is 0.0304. The van der Waals surface area contributed by atoms with Crippen molar-refractivity contribution in [1.82, 2.24) is 5.48 Å². The molecule has 0 atom stereocenters. The quantitative estimate of drug-likeness (QED) is 0.276. The summed E-state index contributed by atoms with van der Waals surface area (Å²) in [7, 11) is 0. The molecule has 5 heteroatoms. The molecule has 2 aromatic carbocycles. The Balaban J connectivity index is 1.83. The van der Waals surface area contributed by atoms with E-state index in [-0.39, 0.29) is 11.7 Å². The number of unbranched alkanes of at least 4 members (excludes halogenated alkanes) is 4. The number of nitrogens with one attached hydrogen (secondary N) is 1. The summed E-state index contributed by atoms with van der Waals surface area (Å²) in [4.78, 5) is 20.3. The first-order chi connectivity index (χ1) is 15.1. The third-order valence-corrected chi connectivity index (χ3v) is 5.35. The summed E-state index contributed by atoms with van der Waals surface area (Å²) in [6.45, 7) is 6.92. The lowest BCUT2D eigenvalue weighted by Gasteiger charge is -2.25. The van der Waals surface area contributed by atoms with E-state index in [0.29, 0.717) is 12.2 Å². The van der Waals surface area contributed by atoms with E-state index in [2.05, 4.69) is 30.3 Å². The van der Waals surface area contributed by atoms with Gasteiger partial charge in [0.25, 0.3) is 5.91 Å². The summed E-state index contributed by atoms with van der Waals surface area (Å²) in [5.74, 6) is 0.0531. The van der Waals surface area contributed by atoms with Crippen molar-refractivity contribution in [1.29, 1.82) is 0 Å². The number of hydrogen-bond acceptors (Lipinski definition) is 4. The number of amides is 1. The van der Waals surface area contributed by atoms with E-state index in [1.165, 1.54) is 38.5 Å². The Labute approximate surface area is 187 Å². The zero-order chi connectivity index (χ0) is 22.3. The van der Waals surface area contributed by atoms with Crippen LogP contribution >= 0.6 is 0 Å². The highest BCUT2D eigenvalue weighted by atomic mass is 16.6. The van der Waals surface area contributed by atoms with E-state index in [0.717, 1.165) is 37.2 Å². The molecule has 1 amide bonds. The predicted octanol–water partition coefficient (Wildman–Crippen LogP) is 5.87. The molecular formula is C26H38N2O3. The number of anilines is 1. The third-order valence-electron chi connectivity index (χ3n) is 5.35. The monoisotopic (exact) mass is 426 g/mol. The molecule has 0 fully saturated rings. The molecule has 2 aromatic rings. The van der Waals surface area contributed by atoms with Crippen molar-refractivity contribution >= 4 is 11.6 Å². The molecule has 31 heavy (non-hydrogen) atoms. The molecule has 0 spiro atoms. The molecule has 0 aliphatic carbocycles. The van der Waals surface area contributed by atoms with Gasteiger partial charge in [0.1, 0.15) is 5.75 Å². The Bertz CT molecular complexity index is 752. The molecule has 0 bridgehead atoms. The fraction of sp³-hybridized carbons (Fsp3) is 0.500. The first-order valence-corrected chi connectivity index (χ1v) is 11.7. The maximum absolute atomic E-state index is 12.5. The molecule has 0 aliphatic heterocycles. The second kappa shape index (κ2) is 14.5. The second-order valence-electron chi connectivity index (χ2n) is 8.00. The number of aromatic hydroxyl groups is 1. The van der Waals surface area contributed by atoms with E-state index in [4.69, 9.17) is 4.84 Å². The van der Waals surface area contributed by atoms with Crippen molar-refractivity contribution in [3.63, 3.8) is 0 Å². The van der Waals surface area contributed by atoms with Crippen molar-refractivity contribution in [2.75, 3.05) is 24.6 Å². The van der Waals surface area contributed by atoms with E-state index in [9.17, 15) is 9.90 Å². The Morgan fingerprint density at radius 2 is 1.61 bits per heavy atom. The predicted molar refractivity (Wildman–Crippen MR) is 128 cm³/mol. The van der Waals surface area contributed by atoms with Crippen LogP contribution in [0.1, 0.15) is 74.7 Å². The summed E-state index contributed by atoms with van der Waals surface area (Å²) >= 11 is 0. The number of rotatable bonds is 15. The van der Waals surface area contributed by atoms with Crippen LogP contribution in [0.5, 0.6) is 5.75 Å². The van der Waals surface area contributed by atoms with Gasteiger partial charge < -0.3 is 10.0 Å². The van der Waals surface area contributed by atoms with Gasteiger partial charge in [-0.3, -0.25) is 9.63 Å². The second-order valence-corrected chi connectivity index (χ2v) is 8.00. The van der Waals surface area contributed by atoms with Gasteiger partial charge in [0.2, 0.25) is 0 Å². The van der Waals surface area contributed by atoms with Crippen molar-refractivity contribution < 1.29 is 14.7 Å². The summed E-state index contributed by atoms with van der Waals surface area (Å²) in [5.41, 5.74) is 5.42. The minimum atomic E-state index is -0.214. The molecule has 5 nitrogen and oxygen atoms in total. The number of hydrogen-bond donors (Lipinski definition) is 2. The van der Waals surface area contributed by atoms with Crippen LogP contribution in [0.2, 0.25) is 0 Å². The van der Waals surface area contributed by atoms with Crippen LogP contribution < -0.4 is 10.4 Å². The Morgan fingerprint density at radius 1 is 0.935 bits per heavy atom. The Morgan fingerprint density at radius 3 is 2.26 bits per heavy atom. The summed E-state index contributed by atoms with van der Waals surface area (Å²) in [6.07, 6.45) is 8.81. The van der Waals surface area contributed by atoms with Crippen LogP contribution in [0.3, 0.4) is 0 Å². The number of phenolic OH excluding ortho intramolecular Hbond substituents is 1. The number of nitrogens with zero attached hydrogens (tertiary/aromatic N) is 1. The molecule has 0 aliphatic rings.